The number of carbonyl (C=O) groups excluding carboxylic acids is 1. The van der Waals surface area contributed by atoms with Crippen molar-refractivity contribution in [1.29, 1.82) is 0 Å². The second-order valence-electron chi connectivity index (χ2n) is 4.37. The van der Waals surface area contributed by atoms with Gasteiger partial charge in [0.1, 0.15) is 5.65 Å². The molecule has 7 heteroatoms. The van der Waals surface area contributed by atoms with Gasteiger partial charge in [0, 0.05) is 29.8 Å². The van der Waals surface area contributed by atoms with Crippen LogP contribution in [-0.4, -0.2) is 32.9 Å². The van der Waals surface area contributed by atoms with E-state index in [2.05, 4.69) is 26.2 Å². The van der Waals surface area contributed by atoms with Crippen molar-refractivity contribution in [2.24, 2.45) is 0 Å². The molecule has 1 amide bonds. The highest BCUT2D eigenvalue weighted by molar-refractivity contribution is 9.10. The SMILES string of the molecule is O=C(O)CCCNC(=O)Cc1cn2cc(Br)ccc2n1. The molecule has 0 atom stereocenters. The van der Waals surface area contributed by atoms with E-state index in [4.69, 9.17) is 5.11 Å². The van der Waals surface area contributed by atoms with Crippen molar-refractivity contribution in [3.8, 4) is 0 Å². The number of nitrogens with one attached hydrogen (secondary N) is 1. The first kappa shape index (κ1) is 14.5. The van der Waals surface area contributed by atoms with Crippen molar-refractivity contribution in [2.45, 2.75) is 19.3 Å². The number of nitrogens with zero attached hydrogens (tertiary/aromatic N) is 2. The van der Waals surface area contributed by atoms with Gasteiger partial charge in [-0.1, -0.05) is 0 Å². The molecule has 0 aromatic carbocycles. The molecule has 0 radical (unpaired) electrons. The van der Waals surface area contributed by atoms with Crippen LogP contribution in [0.25, 0.3) is 5.65 Å². The molecule has 0 aliphatic rings. The largest absolute Gasteiger partial charge is 0.481 e. The summed E-state index contributed by atoms with van der Waals surface area (Å²) in [6.45, 7) is 0.365. The highest BCUT2D eigenvalue weighted by Gasteiger charge is 2.07. The summed E-state index contributed by atoms with van der Waals surface area (Å²) in [6.07, 6.45) is 4.35. The Morgan fingerprint density at radius 1 is 1.35 bits per heavy atom. The van der Waals surface area contributed by atoms with Gasteiger partial charge in [0.15, 0.2) is 0 Å². The third kappa shape index (κ3) is 4.06. The minimum Gasteiger partial charge on any atom is -0.481 e. The number of amides is 1. The molecular formula is C13H14BrN3O3. The zero-order chi connectivity index (χ0) is 14.5. The summed E-state index contributed by atoms with van der Waals surface area (Å²) in [5, 5.41) is 11.2. The molecule has 0 saturated carbocycles. The number of carbonyl (C=O) groups is 2. The molecule has 0 saturated heterocycles. The molecule has 0 aliphatic heterocycles. The Bertz CT molecular complexity index is 639. The lowest BCUT2D eigenvalue weighted by molar-refractivity contribution is -0.137. The number of fused-ring (bicyclic) bond motifs is 1. The van der Waals surface area contributed by atoms with Crippen LogP contribution < -0.4 is 5.32 Å². The van der Waals surface area contributed by atoms with Crippen molar-refractivity contribution < 1.29 is 14.7 Å². The summed E-state index contributed by atoms with van der Waals surface area (Å²) in [5.74, 6) is -1.01. The Kier molecular flexibility index (Phi) is 4.73. The van der Waals surface area contributed by atoms with Crippen LogP contribution >= 0.6 is 15.9 Å². The van der Waals surface area contributed by atoms with Crippen LogP contribution in [0, 0.1) is 0 Å². The second kappa shape index (κ2) is 6.51. The normalized spacial score (nSPS) is 10.7. The molecule has 2 rings (SSSR count). The van der Waals surface area contributed by atoms with E-state index in [0.29, 0.717) is 18.7 Å². The van der Waals surface area contributed by atoms with E-state index >= 15 is 0 Å². The van der Waals surface area contributed by atoms with E-state index in [0.717, 1.165) is 10.1 Å². The van der Waals surface area contributed by atoms with Gasteiger partial charge in [0.05, 0.1) is 12.1 Å². The molecular weight excluding hydrogens is 326 g/mol. The van der Waals surface area contributed by atoms with Gasteiger partial charge >= 0.3 is 5.97 Å². The van der Waals surface area contributed by atoms with Crippen LogP contribution in [0.1, 0.15) is 18.5 Å². The number of imidazole rings is 1. The van der Waals surface area contributed by atoms with Gasteiger partial charge in [-0.15, -0.1) is 0 Å². The van der Waals surface area contributed by atoms with Gasteiger partial charge < -0.3 is 14.8 Å². The quantitative estimate of drug-likeness (QED) is 0.783. The number of pyridine rings is 1. The number of aliphatic carboxylic acids is 1. The second-order valence-corrected chi connectivity index (χ2v) is 5.28. The first-order valence-electron chi connectivity index (χ1n) is 6.16. The first-order chi connectivity index (χ1) is 9.54. The zero-order valence-corrected chi connectivity index (χ0v) is 12.3. The predicted octanol–water partition coefficient (Wildman–Crippen LogP) is 1.62. The lowest BCUT2D eigenvalue weighted by atomic mass is 10.3. The molecule has 0 fully saturated rings. The maximum absolute atomic E-state index is 11.7. The molecule has 0 aliphatic carbocycles. The van der Waals surface area contributed by atoms with Crippen LogP contribution in [0.2, 0.25) is 0 Å². The van der Waals surface area contributed by atoms with Gasteiger partial charge in [0.25, 0.3) is 0 Å². The zero-order valence-electron chi connectivity index (χ0n) is 10.7. The number of carboxylic acids is 1. The van der Waals surface area contributed by atoms with E-state index in [1.54, 1.807) is 6.20 Å². The molecule has 6 nitrogen and oxygen atoms in total. The lowest BCUT2D eigenvalue weighted by Crippen LogP contribution is -2.26. The van der Waals surface area contributed by atoms with E-state index in [1.807, 2.05) is 22.7 Å². The fourth-order valence-electron chi connectivity index (χ4n) is 1.80. The Balaban J connectivity index is 1.88. The van der Waals surface area contributed by atoms with Gasteiger partial charge in [-0.3, -0.25) is 9.59 Å². The molecule has 2 aromatic rings. The summed E-state index contributed by atoms with van der Waals surface area (Å²) in [7, 11) is 0. The number of aromatic nitrogens is 2. The first-order valence-corrected chi connectivity index (χ1v) is 6.95. The average molecular weight is 340 g/mol. The van der Waals surface area contributed by atoms with Crippen molar-refractivity contribution in [3.05, 3.63) is 34.7 Å². The standard InChI is InChI=1S/C13H14BrN3O3/c14-9-3-4-11-16-10(8-17(11)7-9)6-12(18)15-5-1-2-13(19)20/h3-4,7-8H,1-2,5-6H2,(H,15,18)(H,19,20). The number of rotatable bonds is 6. The van der Waals surface area contributed by atoms with Crippen LogP contribution in [0.15, 0.2) is 29.0 Å². The Morgan fingerprint density at radius 2 is 2.15 bits per heavy atom. The molecule has 0 spiro atoms. The lowest BCUT2D eigenvalue weighted by Gasteiger charge is -2.01. The molecule has 106 valence electrons. The summed E-state index contributed by atoms with van der Waals surface area (Å²) in [6, 6.07) is 3.75. The number of halogens is 1. The summed E-state index contributed by atoms with van der Waals surface area (Å²) < 4.78 is 2.78. The highest BCUT2D eigenvalue weighted by atomic mass is 79.9. The Labute approximate surface area is 123 Å². The monoisotopic (exact) mass is 339 g/mol. The average Bonchev–Trinajstić information content (AvgIpc) is 2.75. The fraction of sp³-hybridized carbons (Fsp3) is 0.308. The van der Waals surface area contributed by atoms with Crippen molar-refractivity contribution in [3.63, 3.8) is 0 Å². The van der Waals surface area contributed by atoms with Crippen LogP contribution in [-0.2, 0) is 16.0 Å². The summed E-state index contributed by atoms with van der Waals surface area (Å²) in [4.78, 5) is 26.4. The molecule has 2 N–H and O–H groups in total. The van der Waals surface area contributed by atoms with Crippen LogP contribution in [0.5, 0.6) is 0 Å². The smallest absolute Gasteiger partial charge is 0.303 e. The minimum absolute atomic E-state index is 0.0582. The van der Waals surface area contributed by atoms with Crippen molar-refractivity contribution in [1.82, 2.24) is 14.7 Å². The molecule has 2 heterocycles. The predicted molar refractivity (Wildman–Crippen MR) is 76.5 cm³/mol. The molecule has 0 bridgehead atoms. The van der Waals surface area contributed by atoms with Gasteiger partial charge in [0.2, 0.25) is 5.91 Å². The summed E-state index contributed by atoms with van der Waals surface area (Å²) in [5.41, 5.74) is 1.46. The van der Waals surface area contributed by atoms with Crippen LogP contribution in [0.3, 0.4) is 0 Å². The minimum atomic E-state index is -0.856. The van der Waals surface area contributed by atoms with Crippen LogP contribution in [0.4, 0.5) is 0 Å². The van der Waals surface area contributed by atoms with Crippen molar-refractivity contribution in [2.75, 3.05) is 6.54 Å². The third-order valence-corrected chi connectivity index (χ3v) is 3.17. The van der Waals surface area contributed by atoms with Gasteiger partial charge in [-0.2, -0.15) is 0 Å². The number of carboxylic acid groups (broad SMARTS) is 1. The fourth-order valence-corrected chi connectivity index (χ4v) is 2.15. The maximum Gasteiger partial charge on any atom is 0.303 e. The molecule has 0 unspecified atom stereocenters. The molecule has 2 aromatic heterocycles. The Morgan fingerprint density at radius 3 is 2.90 bits per heavy atom. The van der Waals surface area contributed by atoms with E-state index in [1.165, 1.54) is 0 Å². The summed E-state index contributed by atoms with van der Waals surface area (Å²) >= 11 is 3.37. The van der Waals surface area contributed by atoms with E-state index in [-0.39, 0.29) is 18.7 Å². The van der Waals surface area contributed by atoms with Gasteiger partial charge in [-0.05, 0) is 34.5 Å². The molecule has 20 heavy (non-hydrogen) atoms. The van der Waals surface area contributed by atoms with Crippen molar-refractivity contribution >= 4 is 33.5 Å². The number of hydrogen-bond acceptors (Lipinski definition) is 3. The van der Waals surface area contributed by atoms with E-state index in [9.17, 15) is 9.59 Å². The van der Waals surface area contributed by atoms with Gasteiger partial charge in [-0.25, -0.2) is 4.98 Å². The Hall–Kier alpha value is -1.89. The third-order valence-electron chi connectivity index (χ3n) is 2.70. The van der Waals surface area contributed by atoms with E-state index < -0.39 is 5.97 Å². The maximum atomic E-state index is 11.7. The highest BCUT2D eigenvalue weighted by Crippen LogP contribution is 2.12. The topological polar surface area (TPSA) is 83.7 Å². The number of hydrogen-bond donors (Lipinski definition) is 2.